The van der Waals surface area contributed by atoms with Gasteiger partial charge in [-0.2, -0.15) is 0 Å². The van der Waals surface area contributed by atoms with Crippen LogP contribution in [0.5, 0.6) is 0 Å². The Hall–Kier alpha value is 0.200. The highest BCUT2D eigenvalue weighted by molar-refractivity contribution is 14.1. The predicted molar refractivity (Wildman–Crippen MR) is 56.4 cm³/mol. The van der Waals surface area contributed by atoms with E-state index in [2.05, 4.69) is 36.4 Å². The van der Waals surface area contributed by atoms with Crippen molar-refractivity contribution in [3.8, 4) is 0 Å². The van der Waals surface area contributed by atoms with Crippen molar-refractivity contribution in [3.05, 3.63) is 0 Å². The van der Waals surface area contributed by atoms with E-state index in [4.69, 9.17) is 4.74 Å². The highest BCUT2D eigenvalue weighted by Crippen LogP contribution is 2.34. The van der Waals surface area contributed by atoms with E-state index in [-0.39, 0.29) is 11.6 Å². The summed E-state index contributed by atoms with van der Waals surface area (Å²) in [7, 11) is 0. The van der Waals surface area contributed by atoms with Crippen LogP contribution in [0.25, 0.3) is 0 Å². The van der Waals surface area contributed by atoms with E-state index in [0.717, 1.165) is 17.3 Å². The number of alkyl halides is 1. The Morgan fingerprint density at radius 1 is 1.67 bits per heavy atom. The molecule has 1 aliphatic heterocycles. The van der Waals surface area contributed by atoms with Gasteiger partial charge in [-0.15, -0.1) is 0 Å². The molecule has 0 radical (unpaired) electrons. The van der Waals surface area contributed by atoms with Gasteiger partial charge >= 0.3 is 5.97 Å². The molecule has 0 aromatic carbocycles. The molecule has 2 nitrogen and oxygen atoms in total. The first-order valence-corrected chi connectivity index (χ1v) is 5.88. The Morgan fingerprint density at radius 3 is 2.67 bits per heavy atom. The predicted octanol–water partition coefficient (Wildman–Crippen LogP) is 2.54. The summed E-state index contributed by atoms with van der Waals surface area (Å²) in [6.45, 7) is 4.33. The number of hydrogen-bond donors (Lipinski definition) is 0. The van der Waals surface area contributed by atoms with Crippen LogP contribution in [-0.4, -0.2) is 16.0 Å². The minimum Gasteiger partial charge on any atom is -0.458 e. The molecule has 1 atom stereocenters. The molecule has 0 aromatic heterocycles. The van der Waals surface area contributed by atoms with Gasteiger partial charge in [0.2, 0.25) is 0 Å². The highest BCUT2D eigenvalue weighted by Gasteiger charge is 2.39. The molecule has 0 amide bonds. The zero-order valence-electron chi connectivity index (χ0n) is 7.60. The van der Waals surface area contributed by atoms with Crippen LogP contribution in [0.2, 0.25) is 0 Å². The molecule has 0 aromatic rings. The topological polar surface area (TPSA) is 26.3 Å². The average molecular weight is 282 g/mol. The summed E-state index contributed by atoms with van der Waals surface area (Å²) in [5.74, 6) is 0.581. The Balaban J connectivity index is 2.58. The molecule has 1 saturated heterocycles. The minimum absolute atomic E-state index is 0.0210. The highest BCUT2D eigenvalue weighted by atomic mass is 127. The fourth-order valence-electron chi connectivity index (χ4n) is 1.71. The molecule has 0 aliphatic carbocycles. The number of halogens is 1. The van der Waals surface area contributed by atoms with Crippen molar-refractivity contribution in [2.24, 2.45) is 5.92 Å². The molecular weight excluding hydrogens is 267 g/mol. The Morgan fingerprint density at radius 2 is 2.33 bits per heavy atom. The summed E-state index contributed by atoms with van der Waals surface area (Å²) < 4.78 is 6.29. The smallest absolute Gasteiger partial charge is 0.306 e. The van der Waals surface area contributed by atoms with E-state index in [1.807, 2.05) is 0 Å². The summed E-state index contributed by atoms with van der Waals surface area (Å²) in [6.07, 6.45) is 2.52. The Labute approximate surface area is 87.2 Å². The Bertz CT molecular complexity index is 179. The fraction of sp³-hybridized carbons (Fsp3) is 0.889. The third kappa shape index (κ3) is 2.34. The van der Waals surface area contributed by atoms with Crippen molar-refractivity contribution in [3.63, 3.8) is 0 Å². The lowest BCUT2D eigenvalue weighted by molar-refractivity contribution is -0.147. The monoisotopic (exact) mass is 282 g/mol. The molecule has 0 N–H and O–H groups in total. The molecular formula is C9H15IO2. The number of esters is 1. The van der Waals surface area contributed by atoms with E-state index >= 15 is 0 Å². The van der Waals surface area contributed by atoms with Gasteiger partial charge in [0.05, 0.1) is 0 Å². The normalized spacial score (nSPS) is 29.5. The summed E-state index contributed by atoms with van der Waals surface area (Å²) in [4.78, 5) is 11.0. The van der Waals surface area contributed by atoms with Crippen LogP contribution in [0.15, 0.2) is 0 Å². The van der Waals surface area contributed by atoms with E-state index < -0.39 is 0 Å². The largest absolute Gasteiger partial charge is 0.458 e. The fourth-order valence-corrected chi connectivity index (χ4v) is 2.56. The van der Waals surface area contributed by atoms with Crippen LogP contribution >= 0.6 is 22.6 Å². The van der Waals surface area contributed by atoms with Crippen LogP contribution in [0.3, 0.4) is 0 Å². The molecule has 1 rings (SSSR count). The van der Waals surface area contributed by atoms with Gasteiger partial charge in [-0.05, 0) is 18.8 Å². The number of cyclic esters (lactones) is 1. The van der Waals surface area contributed by atoms with Crippen molar-refractivity contribution in [1.29, 1.82) is 0 Å². The number of hydrogen-bond acceptors (Lipinski definition) is 2. The average Bonchev–Trinajstić information content (AvgIpc) is 2.32. The third-order valence-corrected chi connectivity index (χ3v) is 3.53. The van der Waals surface area contributed by atoms with Crippen LogP contribution in [0.1, 0.15) is 33.1 Å². The molecule has 70 valence electrons. The quantitative estimate of drug-likeness (QED) is 0.452. The van der Waals surface area contributed by atoms with Gasteiger partial charge in [-0.1, -0.05) is 36.4 Å². The standard InChI is InChI=1S/C9H15IO2/c1-7(2)5-9(6-10)4-3-8(11)12-9/h7H,3-6H2,1-2H3/t9-/m1/s1. The zero-order chi connectivity index (χ0) is 9.19. The maximum atomic E-state index is 11.0. The maximum absolute atomic E-state index is 11.0. The van der Waals surface area contributed by atoms with E-state index in [9.17, 15) is 4.79 Å². The molecule has 3 heteroatoms. The third-order valence-electron chi connectivity index (χ3n) is 2.14. The molecule has 1 fully saturated rings. The minimum atomic E-state index is -0.133. The molecule has 0 saturated carbocycles. The van der Waals surface area contributed by atoms with E-state index in [1.54, 1.807) is 0 Å². The summed E-state index contributed by atoms with van der Waals surface area (Å²) >= 11 is 2.31. The second kappa shape index (κ2) is 3.94. The zero-order valence-corrected chi connectivity index (χ0v) is 9.76. The van der Waals surface area contributed by atoms with E-state index in [1.165, 1.54) is 0 Å². The molecule has 12 heavy (non-hydrogen) atoms. The van der Waals surface area contributed by atoms with Gasteiger partial charge in [-0.25, -0.2) is 0 Å². The van der Waals surface area contributed by atoms with Gasteiger partial charge in [0.1, 0.15) is 5.60 Å². The van der Waals surface area contributed by atoms with Crippen molar-refractivity contribution >= 4 is 28.6 Å². The van der Waals surface area contributed by atoms with Crippen LogP contribution in [0, 0.1) is 5.92 Å². The number of carbonyl (C=O) groups excluding carboxylic acids is 1. The second-order valence-corrected chi connectivity index (χ2v) is 4.65. The van der Waals surface area contributed by atoms with Gasteiger partial charge < -0.3 is 4.74 Å². The lowest BCUT2D eigenvalue weighted by Gasteiger charge is -2.27. The summed E-state index contributed by atoms with van der Waals surface area (Å²) in [6, 6.07) is 0. The first-order chi connectivity index (χ1) is 5.58. The van der Waals surface area contributed by atoms with Crippen LogP contribution in [0.4, 0.5) is 0 Å². The van der Waals surface area contributed by atoms with Crippen LogP contribution < -0.4 is 0 Å². The molecule has 1 aliphatic rings. The maximum Gasteiger partial charge on any atom is 0.306 e. The second-order valence-electron chi connectivity index (χ2n) is 3.89. The van der Waals surface area contributed by atoms with Crippen molar-refractivity contribution in [2.75, 3.05) is 4.43 Å². The number of rotatable bonds is 3. The van der Waals surface area contributed by atoms with Crippen molar-refractivity contribution in [1.82, 2.24) is 0 Å². The van der Waals surface area contributed by atoms with Gasteiger partial charge in [-0.3, -0.25) is 4.79 Å². The lowest BCUT2D eigenvalue weighted by Crippen LogP contribution is -2.32. The van der Waals surface area contributed by atoms with Crippen molar-refractivity contribution in [2.45, 2.75) is 38.7 Å². The summed E-state index contributed by atoms with van der Waals surface area (Å²) in [5.41, 5.74) is -0.133. The van der Waals surface area contributed by atoms with E-state index in [0.29, 0.717) is 12.3 Å². The molecule has 0 unspecified atom stereocenters. The molecule has 0 spiro atoms. The lowest BCUT2D eigenvalue weighted by atomic mass is 9.92. The van der Waals surface area contributed by atoms with Crippen molar-refractivity contribution < 1.29 is 9.53 Å². The Kier molecular flexibility index (Phi) is 3.37. The molecule has 0 bridgehead atoms. The number of carbonyl (C=O) groups is 1. The van der Waals surface area contributed by atoms with Crippen LogP contribution in [-0.2, 0) is 9.53 Å². The van der Waals surface area contributed by atoms with Gasteiger partial charge in [0.25, 0.3) is 0 Å². The van der Waals surface area contributed by atoms with Gasteiger partial charge in [0.15, 0.2) is 0 Å². The summed E-state index contributed by atoms with van der Waals surface area (Å²) in [5, 5.41) is 0. The number of ether oxygens (including phenoxy) is 1. The molecule has 1 heterocycles. The SMILES string of the molecule is CC(C)C[C@@]1(CI)CCC(=O)O1. The first-order valence-electron chi connectivity index (χ1n) is 4.36. The van der Waals surface area contributed by atoms with Gasteiger partial charge in [0, 0.05) is 10.8 Å². The first kappa shape index (κ1) is 10.3.